The molecule has 1 heterocycles. The number of nitrogens with two attached hydrogens (primary N) is 1. The molecule has 1 aromatic carbocycles. The van der Waals surface area contributed by atoms with Crippen LogP contribution in [-0.4, -0.2) is 86.8 Å². The number of carboxylic acid groups (broad SMARTS) is 1. The van der Waals surface area contributed by atoms with E-state index in [0.717, 1.165) is 4.90 Å². The van der Waals surface area contributed by atoms with Crippen molar-refractivity contribution in [3.8, 4) is 0 Å². The van der Waals surface area contributed by atoms with E-state index in [1.807, 2.05) is 0 Å². The van der Waals surface area contributed by atoms with Gasteiger partial charge in [-0.05, 0) is 32.3 Å². The van der Waals surface area contributed by atoms with Crippen LogP contribution in [0.4, 0.5) is 0 Å². The van der Waals surface area contributed by atoms with E-state index in [-0.39, 0.29) is 19.4 Å². The van der Waals surface area contributed by atoms with E-state index < -0.39 is 60.1 Å². The molecule has 0 spiro atoms. The second-order valence-corrected chi connectivity index (χ2v) is 8.27. The van der Waals surface area contributed by atoms with Crippen LogP contribution in [0.15, 0.2) is 30.3 Å². The van der Waals surface area contributed by atoms with Gasteiger partial charge in [-0.2, -0.15) is 0 Å². The summed E-state index contributed by atoms with van der Waals surface area (Å²) in [5, 5.41) is 34.1. The molecule has 1 fully saturated rings. The minimum atomic E-state index is -1.40. The lowest BCUT2D eigenvalue weighted by molar-refractivity contribution is -0.150. The average Bonchev–Trinajstić information content (AvgIpc) is 3.26. The van der Waals surface area contributed by atoms with Crippen molar-refractivity contribution < 1.29 is 34.5 Å². The van der Waals surface area contributed by atoms with E-state index in [1.54, 1.807) is 30.3 Å². The molecule has 11 heteroatoms. The summed E-state index contributed by atoms with van der Waals surface area (Å²) in [5.41, 5.74) is 6.39. The van der Waals surface area contributed by atoms with Gasteiger partial charge in [-0.1, -0.05) is 30.3 Å². The third-order valence-electron chi connectivity index (χ3n) is 5.61. The Morgan fingerprint density at radius 2 is 1.70 bits per heavy atom. The van der Waals surface area contributed by atoms with Crippen molar-refractivity contribution in [2.24, 2.45) is 5.73 Å². The molecule has 0 radical (unpaired) electrons. The van der Waals surface area contributed by atoms with Crippen LogP contribution in [0.1, 0.15) is 32.3 Å². The second-order valence-electron chi connectivity index (χ2n) is 8.27. The van der Waals surface area contributed by atoms with Crippen molar-refractivity contribution in [2.45, 2.75) is 69.5 Å². The van der Waals surface area contributed by atoms with E-state index in [9.17, 15) is 34.5 Å². The molecule has 7 N–H and O–H groups in total. The van der Waals surface area contributed by atoms with Gasteiger partial charge in [-0.15, -0.1) is 0 Å². The molecule has 1 aromatic rings. The molecule has 11 nitrogen and oxygen atoms in total. The molecule has 3 amide bonds. The van der Waals surface area contributed by atoms with Crippen molar-refractivity contribution in [1.82, 2.24) is 15.5 Å². The van der Waals surface area contributed by atoms with Crippen molar-refractivity contribution in [2.75, 3.05) is 6.54 Å². The van der Waals surface area contributed by atoms with Crippen LogP contribution < -0.4 is 16.4 Å². The molecule has 6 unspecified atom stereocenters. The number of carboxylic acids is 1. The van der Waals surface area contributed by atoms with E-state index in [0.29, 0.717) is 12.0 Å². The SMILES string of the molecule is CC(O)C(N)C(=O)NC(Cc1ccccc1)C(=O)NC(C(=O)N1CCCC1C(=O)O)C(C)O. The number of carbonyl (C=O) groups excluding carboxylic acids is 3. The zero-order chi connectivity index (χ0) is 24.7. The van der Waals surface area contributed by atoms with Gasteiger partial charge in [-0.25, -0.2) is 4.79 Å². The molecular weight excluding hydrogens is 432 g/mol. The summed E-state index contributed by atoms with van der Waals surface area (Å²) in [6.45, 7) is 2.85. The quantitative estimate of drug-likeness (QED) is 0.238. The number of aliphatic hydroxyl groups is 2. The predicted octanol–water partition coefficient (Wildman–Crippen LogP) is -1.64. The van der Waals surface area contributed by atoms with Gasteiger partial charge in [0.05, 0.1) is 12.2 Å². The maximum Gasteiger partial charge on any atom is 0.326 e. The monoisotopic (exact) mass is 464 g/mol. The summed E-state index contributed by atoms with van der Waals surface area (Å²) in [6.07, 6.45) is -1.63. The maximum atomic E-state index is 13.1. The molecule has 0 bridgehead atoms. The number of hydrogen-bond donors (Lipinski definition) is 6. The zero-order valence-electron chi connectivity index (χ0n) is 18.7. The molecule has 0 saturated carbocycles. The zero-order valence-corrected chi connectivity index (χ0v) is 18.7. The van der Waals surface area contributed by atoms with E-state index in [2.05, 4.69) is 10.6 Å². The highest BCUT2D eigenvalue weighted by Gasteiger charge is 2.40. The summed E-state index contributed by atoms with van der Waals surface area (Å²) in [7, 11) is 0. The molecule has 0 aromatic heterocycles. The highest BCUT2D eigenvalue weighted by molar-refractivity contribution is 5.94. The van der Waals surface area contributed by atoms with Gasteiger partial charge in [0.25, 0.3) is 0 Å². The summed E-state index contributed by atoms with van der Waals surface area (Å²) < 4.78 is 0. The summed E-state index contributed by atoms with van der Waals surface area (Å²) in [6, 6.07) is 3.94. The number of amides is 3. The highest BCUT2D eigenvalue weighted by atomic mass is 16.4. The van der Waals surface area contributed by atoms with Crippen molar-refractivity contribution >= 4 is 23.7 Å². The van der Waals surface area contributed by atoms with Gasteiger partial charge in [0.15, 0.2) is 0 Å². The number of likely N-dealkylation sites (tertiary alicyclic amines) is 1. The lowest BCUT2D eigenvalue weighted by Crippen LogP contribution is -2.60. The molecule has 1 saturated heterocycles. The van der Waals surface area contributed by atoms with Crippen LogP contribution in [0.2, 0.25) is 0 Å². The first-order chi connectivity index (χ1) is 15.5. The van der Waals surface area contributed by atoms with Gasteiger partial charge in [-0.3, -0.25) is 14.4 Å². The fourth-order valence-corrected chi connectivity index (χ4v) is 3.65. The fourth-order valence-electron chi connectivity index (χ4n) is 3.65. The van der Waals surface area contributed by atoms with Crippen LogP contribution in [0.5, 0.6) is 0 Å². The van der Waals surface area contributed by atoms with Gasteiger partial charge in [0.2, 0.25) is 17.7 Å². The Kier molecular flexibility index (Phi) is 9.32. The minimum Gasteiger partial charge on any atom is -0.480 e. The number of aliphatic carboxylic acids is 1. The minimum absolute atomic E-state index is 0.0626. The number of nitrogens with zero attached hydrogens (tertiary/aromatic N) is 1. The smallest absolute Gasteiger partial charge is 0.326 e. The third kappa shape index (κ3) is 6.98. The number of carbonyl (C=O) groups is 4. The van der Waals surface area contributed by atoms with E-state index in [4.69, 9.17) is 5.73 Å². The Morgan fingerprint density at radius 1 is 1.06 bits per heavy atom. The highest BCUT2D eigenvalue weighted by Crippen LogP contribution is 2.19. The third-order valence-corrected chi connectivity index (χ3v) is 5.61. The topological polar surface area (TPSA) is 182 Å². The first-order valence-corrected chi connectivity index (χ1v) is 10.8. The summed E-state index contributed by atoms with van der Waals surface area (Å²) >= 11 is 0. The molecule has 33 heavy (non-hydrogen) atoms. The number of hydrogen-bond acceptors (Lipinski definition) is 7. The van der Waals surface area contributed by atoms with Crippen molar-refractivity contribution in [1.29, 1.82) is 0 Å². The Morgan fingerprint density at radius 3 is 2.24 bits per heavy atom. The lowest BCUT2D eigenvalue weighted by atomic mass is 10.0. The van der Waals surface area contributed by atoms with Gasteiger partial charge >= 0.3 is 5.97 Å². The number of benzene rings is 1. The standard InChI is InChI=1S/C22H32N4O7/c1-12(27)17(23)20(30)24-15(11-14-7-4-3-5-8-14)19(29)25-18(13(2)28)21(31)26-10-6-9-16(26)22(32)33/h3-5,7-8,12-13,15-18,27-28H,6,9-11,23H2,1-2H3,(H,24,30)(H,25,29)(H,32,33). The number of rotatable bonds is 10. The Labute approximate surface area is 191 Å². The first kappa shape index (κ1) is 26.2. The molecule has 182 valence electrons. The van der Waals surface area contributed by atoms with Crippen molar-refractivity contribution in [3.63, 3.8) is 0 Å². The van der Waals surface area contributed by atoms with E-state index in [1.165, 1.54) is 13.8 Å². The van der Waals surface area contributed by atoms with Gasteiger partial charge in [0, 0.05) is 13.0 Å². The molecular formula is C22H32N4O7. The molecule has 1 aliphatic rings. The van der Waals surface area contributed by atoms with Crippen LogP contribution >= 0.6 is 0 Å². The summed E-state index contributed by atoms with van der Waals surface area (Å²) in [5.74, 6) is -3.38. The maximum absolute atomic E-state index is 13.1. The largest absolute Gasteiger partial charge is 0.480 e. The second kappa shape index (κ2) is 11.7. The van der Waals surface area contributed by atoms with E-state index >= 15 is 0 Å². The number of nitrogens with one attached hydrogen (secondary N) is 2. The van der Waals surface area contributed by atoms with Gasteiger partial charge in [0.1, 0.15) is 24.2 Å². The fraction of sp³-hybridized carbons (Fsp3) is 0.545. The van der Waals surface area contributed by atoms with Crippen LogP contribution in [0, 0.1) is 0 Å². The molecule has 2 rings (SSSR count). The first-order valence-electron chi connectivity index (χ1n) is 10.8. The molecule has 6 atom stereocenters. The Balaban J connectivity index is 2.22. The number of aliphatic hydroxyl groups excluding tert-OH is 2. The van der Waals surface area contributed by atoms with Crippen molar-refractivity contribution in [3.05, 3.63) is 35.9 Å². The molecule has 0 aliphatic carbocycles. The average molecular weight is 465 g/mol. The predicted molar refractivity (Wildman–Crippen MR) is 118 cm³/mol. The Bertz CT molecular complexity index is 846. The van der Waals surface area contributed by atoms with Gasteiger partial charge < -0.3 is 36.6 Å². The van der Waals surface area contributed by atoms with Crippen LogP contribution in [-0.2, 0) is 25.6 Å². The van der Waals surface area contributed by atoms with Crippen LogP contribution in [0.3, 0.4) is 0 Å². The van der Waals surface area contributed by atoms with Crippen LogP contribution in [0.25, 0.3) is 0 Å². The lowest BCUT2D eigenvalue weighted by Gasteiger charge is -2.30. The normalized spacial score (nSPS) is 20.3. The summed E-state index contributed by atoms with van der Waals surface area (Å²) in [4.78, 5) is 51.1. The Hall–Kier alpha value is -3.02. The molecule has 1 aliphatic heterocycles.